The molecule has 0 radical (unpaired) electrons. The number of hydrogen-bond donors (Lipinski definition) is 2. The van der Waals surface area contributed by atoms with Gasteiger partial charge in [0, 0.05) is 24.3 Å². The Morgan fingerprint density at radius 1 is 1.27 bits per heavy atom. The van der Waals surface area contributed by atoms with E-state index in [0.29, 0.717) is 6.54 Å². The number of aliphatic hydroxyl groups excluding tert-OH is 1. The van der Waals surface area contributed by atoms with Crippen molar-refractivity contribution in [1.82, 2.24) is 9.88 Å². The molecule has 1 amide bonds. The monoisotopic (exact) mass is 300 g/mol. The van der Waals surface area contributed by atoms with Gasteiger partial charge in [-0.2, -0.15) is 0 Å². The van der Waals surface area contributed by atoms with Crippen molar-refractivity contribution in [1.29, 1.82) is 0 Å². The number of benzene rings is 1. The molecular formula is C17H20N2O3. The minimum Gasteiger partial charge on any atom is -0.395 e. The van der Waals surface area contributed by atoms with E-state index in [9.17, 15) is 9.59 Å². The molecule has 1 heterocycles. The number of carbonyl (C=O) groups excluding carboxylic acids is 1. The molecule has 0 aliphatic carbocycles. The predicted octanol–water partition coefficient (Wildman–Crippen LogP) is 1.80. The van der Waals surface area contributed by atoms with Crippen molar-refractivity contribution >= 4 is 5.91 Å². The molecule has 0 aliphatic rings. The molecule has 2 N–H and O–H groups in total. The number of aromatic amines is 1. The van der Waals surface area contributed by atoms with Crippen LogP contribution < -0.4 is 5.56 Å². The Labute approximate surface area is 129 Å². The molecule has 5 nitrogen and oxygen atoms in total. The second-order valence-corrected chi connectivity index (χ2v) is 5.03. The molecule has 1 aromatic heterocycles. The van der Waals surface area contributed by atoms with Gasteiger partial charge in [-0.3, -0.25) is 9.59 Å². The van der Waals surface area contributed by atoms with Gasteiger partial charge in [-0.15, -0.1) is 0 Å². The first-order valence-electron chi connectivity index (χ1n) is 7.28. The van der Waals surface area contributed by atoms with Gasteiger partial charge >= 0.3 is 0 Å². The number of H-pyrrole nitrogens is 1. The summed E-state index contributed by atoms with van der Waals surface area (Å²) in [4.78, 5) is 28.8. The summed E-state index contributed by atoms with van der Waals surface area (Å²) in [5, 5.41) is 9.03. The zero-order valence-corrected chi connectivity index (χ0v) is 12.8. The average molecular weight is 300 g/mol. The van der Waals surface area contributed by atoms with Crippen molar-refractivity contribution in [2.24, 2.45) is 0 Å². The van der Waals surface area contributed by atoms with E-state index in [4.69, 9.17) is 5.11 Å². The number of nitrogens with one attached hydrogen (secondary N) is 1. The summed E-state index contributed by atoms with van der Waals surface area (Å²) < 4.78 is 0. The number of pyridine rings is 1. The van der Waals surface area contributed by atoms with E-state index in [-0.39, 0.29) is 24.6 Å². The summed E-state index contributed by atoms with van der Waals surface area (Å²) in [7, 11) is 0. The van der Waals surface area contributed by atoms with Gasteiger partial charge in [-0.25, -0.2) is 0 Å². The first kappa shape index (κ1) is 16.0. The summed E-state index contributed by atoms with van der Waals surface area (Å²) in [5.41, 5.74) is 2.18. The Hall–Kier alpha value is -2.40. The largest absolute Gasteiger partial charge is 0.395 e. The van der Waals surface area contributed by atoms with Crippen LogP contribution in [0.15, 0.2) is 41.2 Å². The summed E-state index contributed by atoms with van der Waals surface area (Å²) in [5.74, 6) is -0.366. The third-order valence-corrected chi connectivity index (χ3v) is 3.59. The quantitative estimate of drug-likeness (QED) is 0.884. The molecule has 2 rings (SSSR count). The van der Waals surface area contributed by atoms with Crippen LogP contribution >= 0.6 is 0 Å². The molecule has 116 valence electrons. The highest BCUT2D eigenvalue weighted by Gasteiger charge is 2.19. The van der Waals surface area contributed by atoms with Crippen molar-refractivity contribution in [3.63, 3.8) is 0 Å². The molecule has 0 spiro atoms. The fraction of sp³-hybridized carbons (Fsp3) is 0.294. The molecule has 0 saturated heterocycles. The molecule has 1 aromatic carbocycles. The highest BCUT2D eigenvalue weighted by Crippen LogP contribution is 2.21. The van der Waals surface area contributed by atoms with Crippen LogP contribution in [0.2, 0.25) is 0 Å². The van der Waals surface area contributed by atoms with Crippen molar-refractivity contribution in [3.8, 4) is 11.1 Å². The number of carbonyl (C=O) groups is 1. The van der Waals surface area contributed by atoms with Crippen LogP contribution in [0.4, 0.5) is 0 Å². The molecule has 0 atom stereocenters. The van der Waals surface area contributed by atoms with Crippen LogP contribution in [-0.4, -0.2) is 40.6 Å². The van der Waals surface area contributed by atoms with Crippen LogP contribution in [0, 0.1) is 6.92 Å². The number of aryl methyl sites for hydroxylation is 1. The number of hydrogen-bond acceptors (Lipinski definition) is 3. The van der Waals surface area contributed by atoms with Crippen LogP contribution in [0.1, 0.15) is 23.0 Å². The van der Waals surface area contributed by atoms with Crippen LogP contribution in [0.5, 0.6) is 0 Å². The molecule has 0 saturated carbocycles. The number of likely N-dealkylation sites (N-methyl/N-ethyl adjacent to an activating group) is 1. The summed E-state index contributed by atoms with van der Waals surface area (Å²) in [6, 6.07) is 11.2. The molecule has 5 heteroatoms. The number of rotatable bonds is 5. The van der Waals surface area contributed by atoms with Crippen LogP contribution in [0.3, 0.4) is 0 Å². The Balaban J connectivity index is 2.49. The van der Waals surface area contributed by atoms with Crippen molar-refractivity contribution < 1.29 is 9.90 Å². The normalized spacial score (nSPS) is 10.5. The lowest BCUT2D eigenvalue weighted by Gasteiger charge is -2.19. The first-order valence-corrected chi connectivity index (χ1v) is 7.28. The Bertz CT molecular complexity index is 708. The molecule has 0 aliphatic heterocycles. The van der Waals surface area contributed by atoms with Gasteiger partial charge in [-0.05, 0) is 25.5 Å². The maximum absolute atomic E-state index is 12.5. The van der Waals surface area contributed by atoms with Crippen molar-refractivity contribution in [2.45, 2.75) is 13.8 Å². The number of aliphatic hydroxyl groups is 1. The van der Waals surface area contributed by atoms with Gasteiger partial charge in [0.15, 0.2) is 0 Å². The summed E-state index contributed by atoms with van der Waals surface area (Å²) in [6.45, 7) is 4.14. The Morgan fingerprint density at radius 2 is 1.95 bits per heavy atom. The van der Waals surface area contributed by atoms with Crippen molar-refractivity contribution in [3.05, 3.63) is 58.0 Å². The maximum atomic E-state index is 12.5. The fourth-order valence-corrected chi connectivity index (χ4v) is 2.39. The zero-order chi connectivity index (χ0) is 16.1. The zero-order valence-electron chi connectivity index (χ0n) is 12.8. The SMILES string of the molecule is CCN(CCO)C(=O)c1cc(-c2ccccc2)c(C)[nH]c1=O. The minimum absolute atomic E-state index is 0.0970. The molecule has 0 bridgehead atoms. The third-order valence-electron chi connectivity index (χ3n) is 3.59. The lowest BCUT2D eigenvalue weighted by Crippen LogP contribution is -2.36. The van der Waals surface area contributed by atoms with Gasteiger partial charge < -0.3 is 15.0 Å². The number of aromatic nitrogens is 1. The maximum Gasteiger partial charge on any atom is 0.261 e. The third kappa shape index (κ3) is 3.26. The van der Waals surface area contributed by atoms with E-state index < -0.39 is 5.56 Å². The average Bonchev–Trinajstić information content (AvgIpc) is 2.53. The molecule has 2 aromatic rings. The van der Waals surface area contributed by atoms with Gasteiger partial charge in [0.25, 0.3) is 11.5 Å². The van der Waals surface area contributed by atoms with Crippen LogP contribution in [0.25, 0.3) is 11.1 Å². The molecular weight excluding hydrogens is 280 g/mol. The smallest absolute Gasteiger partial charge is 0.261 e. The predicted molar refractivity (Wildman–Crippen MR) is 85.9 cm³/mol. The van der Waals surface area contributed by atoms with E-state index in [1.54, 1.807) is 6.07 Å². The first-order chi connectivity index (χ1) is 10.6. The van der Waals surface area contributed by atoms with Crippen molar-refractivity contribution in [2.75, 3.05) is 19.7 Å². The van der Waals surface area contributed by atoms with Crippen LogP contribution in [-0.2, 0) is 0 Å². The van der Waals surface area contributed by atoms with Gasteiger partial charge in [-0.1, -0.05) is 30.3 Å². The number of amides is 1. The van der Waals surface area contributed by atoms with Gasteiger partial charge in [0.05, 0.1) is 6.61 Å². The molecule has 22 heavy (non-hydrogen) atoms. The van der Waals surface area contributed by atoms with E-state index in [0.717, 1.165) is 16.8 Å². The van der Waals surface area contributed by atoms with E-state index in [1.807, 2.05) is 44.2 Å². The number of nitrogens with zero attached hydrogens (tertiary/aromatic N) is 1. The lowest BCUT2D eigenvalue weighted by molar-refractivity contribution is 0.0730. The van der Waals surface area contributed by atoms with E-state index in [2.05, 4.69) is 4.98 Å². The second kappa shape index (κ2) is 7.04. The second-order valence-electron chi connectivity index (χ2n) is 5.03. The van der Waals surface area contributed by atoms with Gasteiger partial charge in [0.1, 0.15) is 5.56 Å². The molecule has 0 unspecified atom stereocenters. The lowest BCUT2D eigenvalue weighted by atomic mass is 10.0. The molecule has 0 fully saturated rings. The highest BCUT2D eigenvalue weighted by atomic mass is 16.3. The Kier molecular flexibility index (Phi) is 5.12. The Morgan fingerprint density at radius 3 is 2.55 bits per heavy atom. The topological polar surface area (TPSA) is 73.4 Å². The van der Waals surface area contributed by atoms with Gasteiger partial charge in [0.2, 0.25) is 0 Å². The summed E-state index contributed by atoms with van der Waals surface area (Å²) in [6.07, 6.45) is 0. The standard InChI is InChI=1S/C17H20N2O3/c1-3-19(9-10-20)17(22)15-11-14(12(2)18-16(15)21)13-7-5-4-6-8-13/h4-8,11,20H,3,9-10H2,1-2H3,(H,18,21). The minimum atomic E-state index is -0.404. The summed E-state index contributed by atoms with van der Waals surface area (Å²) >= 11 is 0. The highest BCUT2D eigenvalue weighted by molar-refractivity contribution is 5.95. The fourth-order valence-electron chi connectivity index (χ4n) is 2.39. The van der Waals surface area contributed by atoms with E-state index in [1.165, 1.54) is 4.90 Å². The van der Waals surface area contributed by atoms with E-state index >= 15 is 0 Å².